The number of fused-ring (bicyclic) bond motifs is 1. The lowest BCUT2D eigenvalue weighted by Gasteiger charge is -2.18. The van der Waals surface area contributed by atoms with Crippen LogP contribution in [-0.4, -0.2) is 33.4 Å². The molecule has 0 radical (unpaired) electrons. The summed E-state index contributed by atoms with van der Waals surface area (Å²) in [5.41, 5.74) is 1.29. The van der Waals surface area contributed by atoms with Crippen molar-refractivity contribution in [3.8, 4) is 0 Å². The second kappa shape index (κ2) is 8.80. The van der Waals surface area contributed by atoms with Crippen LogP contribution in [0.2, 0.25) is 0 Å². The topological polar surface area (TPSA) is 73.2 Å². The molecule has 2 atom stereocenters. The molecule has 2 unspecified atom stereocenters. The highest BCUT2D eigenvalue weighted by atomic mass is 32.2. The van der Waals surface area contributed by atoms with Crippen LogP contribution in [0.1, 0.15) is 19.8 Å². The minimum absolute atomic E-state index is 0.00321. The molecule has 1 aliphatic rings. The molecule has 1 aliphatic heterocycles. The quantitative estimate of drug-likeness (QED) is 0.496. The molecule has 1 fully saturated rings. The van der Waals surface area contributed by atoms with E-state index in [0.29, 0.717) is 22.6 Å². The number of ether oxygens (including phenoxy) is 1. The zero-order chi connectivity index (χ0) is 20.2. The molecule has 3 aromatic rings. The summed E-state index contributed by atoms with van der Waals surface area (Å²) in [5, 5.41) is 3.61. The summed E-state index contributed by atoms with van der Waals surface area (Å²) in [4.78, 5) is 30.5. The normalized spacial score (nSPS) is 17.3. The predicted octanol–water partition coefficient (Wildman–Crippen LogP) is 3.69. The number of benzene rings is 2. The van der Waals surface area contributed by atoms with E-state index in [9.17, 15) is 9.59 Å². The van der Waals surface area contributed by atoms with Crippen LogP contribution in [0.25, 0.3) is 10.9 Å². The highest BCUT2D eigenvalue weighted by Gasteiger charge is 2.23. The van der Waals surface area contributed by atoms with Gasteiger partial charge in [0.1, 0.15) is 0 Å². The fourth-order valence-electron chi connectivity index (χ4n) is 3.37. The van der Waals surface area contributed by atoms with Crippen molar-refractivity contribution in [1.29, 1.82) is 0 Å². The summed E-state index contributed by atoms with van der Waals surface area (Å²) in [6.45, 7) is 2.99. The minimum atomic E-state index is -0.418. The number of para-hydroxylation sites is 2. The van der Waals surface area contributed by atoms with Crippen molar-refractivity contribution in [3.05, 3.63) is 65.0 Å². The van der Waals surface area contributed by atoms with Gasteiger partial charge in [0.15, 0.2) is 5.16 Å². The lowest BCUT2D eigenvalue weighted by atomic mass is 10.2. The summed E-state index contributed by atoms with van der Waals surface area (Å²) < 4.78 is 7.40. The number of hydrogen-bond donors (Lipinski definition) is 1. The van der Waals surface area contributed by atoms with Crippen LogP contribution in [0.4, 0.5) is 5.69 Å². The Morgan fingerprint density at radius 1 is 1.24 bits per heavy atom. The van der Waals surface area contributed by atoms with Crippen LogP contribution < -0.4 is 10.9 Å². The zero-order valence-corrected chi connectivity index (χ0v) is 17.0. The second-order valence-corrected chi connectivity index (χ2v) is 8.39. The van der Waals surface area contributed by atoms with Gasteiger partial charge in [0.25, 0.3) is 5.56 Å². The molecular formula is C22H23N3O3S. The molecule has 29 heavy (non-hydrogen) atoms. The van der Waals surface area contributed by atoms with E-state index in [1.165, 1.54) is 11.8 Å². The van der Waals surface area contributed by atoms with Crippen molar-refractivity contribution in [2.45, 2.75) is 42.8 Å². The van der Waals surface area contributed by atoms with Gasteiger partial charge < -0.3 is 10.1 Å². The number of rotatable bonds is 6. The van der Waals surface area contributed by atoms with Crippen LogP contribution in [-0.2, 0) is 16.1 Å². The maximum Gasteiger partial charge on any atom is 0.262 e. The standard InChI is InChI=1S/C22H23N3O3S/c1-15(20(26)23-16-8-3-2-4-9-16)29-22-24-19-12-6-5-11-18(19)21(27)25(22)14-17-10-7-13-28-17/h2-6,8-9,11-12,15,17H,7,10,13-14H2,1H3,(H,23,26). The van der Waals surface area contributed by atoms with E-state index < -0.39 is 5.25 Å². The zero-order valence-electron chi connectivity index (χ0n) is 16.2. The Bertz CT molecular complexity index is 1060. The van der Waals surface area contributed by atoms with Crippen molar-refractivity contribution in [2.75, 3.05) is 11.9 Å². The summed E-state index contributed by atoms with van der Waals surface area (Å²) in [5.74, 6) is -0.132. The molecule has 1 amide bonds. The van der Waals surface area contributed by atoms with Crippen LogP contribution in [0.3, 0.4) is 0 Å². The van der Waals surface area contributed by atoms with Crippen molar-refractivity contribution in [1.82, 2.24) is 9.55 Å². The van der Waals surface area contributed by atoms with Crippen molar-refractivity contribution < 1.29 is 9.53 Å². The number of hydrogen-bond acceptors (Lipinski definition) is 5. The van der Waals surface area contributed by atoms with Gasteiger partial charge in [0, 0.05) is 12.3 Å². The van der Waals surface area contributed by atoms with Crippen LogP contribution in [0.5, 0.6) is 0 Å². The summed E-state index contributed by atoms with van der Waals surface area (Å²) >= 11 is 1.29. The summed E-state index contributed by atoms with van der Waals surface area (Å²) in [6, 6.07) is 16.6. The lowest BCUT2D eigenvalue weighted by Crippen LogP contribution is -2.30. The molecule has 1 saturated heterocycles. The Morgan fingerprint density at radius 3 is 2.76 bits per heavy atom. The van der Waals surface area contributed by atoms with Gasteiger partial charge in [-0.2, -0.15) is 0 Å². The minimum Gasteiger partial charge on any atom is -0.376 e. The van der Waals surface area contributed by atoms with Crippen LogP contribution >= 0.6 is 11.8 Å². The van der Waals surface area contributed by atoms with Crippen molar-refractivity contribution >= 4 is 34.3 Å². The number of anilines is 1. The highest BCUT2D eigenvalue weighted by molar-refractivity contribution is 8.00. The second-order valence-electron chi connectivity index (χ2n) is 7.08. The van der Waals surface area contributed by atoms with E-state index in [1.54, 1.807) is 10.6 Å². The van der Waals surface area contributed by atoms with Gasteiger partial charge in [0.2, 0.25) is 5.91 Å². The largest absolute Gasteiger partial charge is 0.376 e. The molecule has 0 saturated carbocycles. The first-order chi connectivity index (χ1) is 14.1. The fourth-order valence-corrected chi connectivity index (χ4v) is 4.29. The molecule has 1 N–H and O–H groups in total. The number of aromatic nitrogens is 2. The van der Waals surface area contributed by atoms with E-state index in [-0.39, 0.29) is 17.6 Å². The molecular weight excluding hydrogens is 386 g/mol. The Kier molecular flexibility index (Phi) is 5.97. The Balaban J connectivity index is 1.62. The van der Waals surface area contributed by atoms with Gasteiger partial charge in [-0.25, -0.2) is 4.98 Å². The van der Waals surface area contributed by atoms with E-state index in [1.807, 2.05) is 55.5 Å². The number of amides is 1. The maximum atomic E-state index is 13.1. The molecule has 0 bridgehead atoms. The van der Waals surface area contributed by atoms with E-state index in [4.69, 9.17) is 9.72 Å². The van der Waals surface area contributed by atoms with Crippen molar-refractivity contribution in [3.63, 3.8) is 0 Å². The van der Waals surface area contributed by atoms with Gasteiger partial charge in [0.05, 0.1) is 28.8 Å². The molecule has 6 nitrogen and oxygen atoms in total. The molecule has 4 rings (SSSR count). The monoisotopic (exact) mass is 409 g/mol. The molecule has 0 aliphatic carbocycles. The van der Waals surface area contributed by atoms with E-state index in [2.05, 4.69) is 5.32 Å². The third kappa shape index (κ3) is 4.52. The van der Waals surface area contributed by atoms with Crippen LogP contribution in [0, 0.1) is 0 Å². The van der Waals surface area contributed by atoms with Gasteiger partial charge >= 0.3 is 0 Å². The predicted molar refractivity (Wildman–Crippen MR) is 115 cm³/mol. The average Bonchev–Trinajstić information content (AvgIpc) is 3.25. The molecule has 7 heteroatoms. The number of carbonyl (C=O) groups is 1. The van der Waals surface area contributed by atoms with Gasteiger partial charge in [-0.3, -0.25) is 14.2 Å². The smallest absolute Gasteiger partial charge is 0.262 e. The maximum absolute atomic E-state index is 13.1. The summed E-state index contributed by atoms with van der Waals surface area (Å²) in [6.07, 6.45) is 1.93. The number of thioether (sulfide) groups is 1. The third-order valence-electron chi connectivity index (χ3n) is 4.93. The number of nitrogens with zero attached hydrogens (tertiary/aromatic N) is 2. The molecule has 2 heterocycles. The Morgan fingerprint density at radius 2 is 2.00 bits per heavy atom. The number of nitrogens with one attached hydrogen (secondary N) is 1. The average molecular weight is 410 g/mol. The van der Waals surface area contributed by atoms with Crippen LogP contribution in [0.15, 0.2) is 64.5 Å². The first-order valence-corrected chi connectivity index (χ1v) is 10.6. The van der Waals surface area contributed by atoms with Gasteiger partial charge in [-0.1, -0.05) is 42.1 Å². The Hall–Kier alpha value is -2.64. The highest BCUT2D eigenvalue weighted by Crippen LogP contribution is 2.25. The number of carbonyl (C=O) groups excluding carboxylic acids is 1. The lowest BCUT2D eigenvalue weighted by molar-refractivity contribution is -0.115. The molecule has 0 spiro atoms. The third-order valence-corrected chi connectivity index (χ3v) is 6.02. The van der Waals surface area contributed by atoms with E-state index in [0.717, 1.165) is 25.1 Å². The van der Waals surface area contributed by atoms with Crippen molar-refractivity contribution in [2.24, 2.45) is 0 Å². The molecule has 2 aromatic carbocycles. The first-order valence-electron chi connectivity index (χ1n) is 9.75. The first kappa shape index (κ1) is 19.7. The van der Waals surface area contributed by atoms with Gasteiger partial charge in [-0.05, 0) is 44.0 Å². The molecule has 150 valence electrons. The molecule has 1 aromatic heterocycles. The Labute approximate surface area is 173 Å². The fraction of sp³-hybridized carbons (Fsp3) is 0.318. The van der Waals surface area contributed by atoms with E-state index >= 15 is 0 Å². The SMILES string of the molecule is CC(Sc1nc2ccccc2c(=O)n1CC1CCCO1)C(=O)Nc1ccccc1. The van der Waals surface area contributed by atoms with Gasteiger partial charge in [-0.15, -0.1) is 0 Å². The summed E-state index contributed by atoms with van der Waals surface area (Å²) in [7, 11) is 0.